The third-order valence-corrected chi connectivity index (χ3v) is 3.48. The zero-order valence-corrected chi connectivity index (χ0v) is 10.4. The SMILES string of the molecule is CNCc1cc(F)ccc1SCc1ccco1. The summed E-state index contributed by atoms with van der Waals surface area (Å²) in [5.41, 5.74) is 0.976. The van der Waals surface area contributed by atoms with Crippen molar-refractivity contribution in [3.63, 3.8) is 0 Å². The topological polar surface area (TPSA) is 25.2 Å². The second-order valence-electron chi connectivity index (χ2n) is 3.65. The molecule has 0 aliphatic rings. The first-order valence-electron chi connectivity index (χ1n) is 5.38. The Bertz CT molecular complexity index is 470. The summed E-state index contributed by atoms with van der Waals surface area (Å²) in [6, 6.07) is 8.68. The highest BCUT2D eigenvalue weighted by Gasteiger charge is 2.05. The maximum atomic E-state index is 13.1. The number of thioether (sulfide) groups is 1. The Hall–Kier alpha value is -1.26. The molecule has 1 aromatic carbocycles. The van der Waals surface area contributed by atoms with Crippen molar-refractivity contribution >= 4 is 11.8 Å². The molecule has 0 bridgehead atoms. The van der Waals surface area contributed by atoms with E-state index in [1.807, 2.05) is 25.2 Å². The van der Waals surface area contributed by atoms with Crippen LogP contribution in [-0.4, -0.2) is 7.05 Å². The maximum Gasteiger partial charge on any atom is 0.123 e. The van der Waals surface area contributed by atoms with Crippen LogP contribution in [0.5, 0.6) is 0 Å². The van der Waals surface area contributed by atoms with E-state index in [9.17, 15) is 4.39 Å². The van der Waals surface area contributed by atoms with Gasteiger partial charge in [0.2, 0.25) is 0 Å². The minimum Gasteiger partial charge on any atom is -0.468 e. The van der Waals surface area contributed by atoms with E-state index in [1.54, 1.807) is 24.1 Å². The first-order chi connectivity index (χ1) is 8.29. The van der Waals surface area contributed by atoms with Gasteiger partial charge in [-0.05, 0) is 42.9 Å². The molecule has 4 heteroatoms. The highest BCUT2D eigenvalue weighted by atomic mass is 32.2. The van der Waals surface area contributed by atoms with E-state index < -0.39 is 0 Å². The Labute approximate surface area is 104 Å². The molecule has 1 aromatic heterocycles. The van der Waals surface area contributed by atoms with E-state index in [2.05, 4.69) is 5.32 Å². The van der Waals surface area contributed by atoms with Crippen molar-refractivity contribution in [1.82, 2.24) is 5.32 Å². The number of hydrogen-bond acceptors (Lipinski definition) is 3. The zero-order chi connectivity index (χ0) is 12.1. The van der Waals surface area contributed by atoms with E-state index >= 15 is 0 Å². The van der Waals surface area contributed by atoms with Crippen molar-refractivity contribution in [3.8, 4) is 0 Å². The van der Waals surface area contributed by atoms with Crippen molar-refractivity contribution in [2.75, 3.05) is 7.05 Å². The smallest absolute Gasteiger partial charge is 0.123 e. The minimum absolute atomic E-state index is 0.197. The molecule has 0 radical (unpaired) electrons. The molecule has 0 atom stereocenters. The van der Waals surface area contributed by atoms with Gasteiger partial charge in [0, 0.05) is 11.4 Å². The fraction of sp³-hybridized carbons (Fsp3) is 0.231. The Kier molecular flexibility index (Phi) is 4.23. The predicted molar refractivity (Wildman–Crippen MR) is 67.4 cm³/mol. The van der Waals surface area contributed by atoms with Crippen LogP contribution in [0.3, 0.4) is 0 Å². The highest BCUT2D eigenvalue weighted by Crippen LogP contribution is 2.27. The highest BCUT2D eigenvalue weighted by molar-refractivity contribution is 7.98. The summed E-state index contributed by atoms with van der Waals surface area (Å²) in [4.78, 5) is 1.08. The molecular weight excluding hydrogens is 237 g/mol. The van der Waals surface area contributed by atoms with Gasteiger partial charge in [0.1, 0.15) is 11.6 Å². The maximum absolute atomic E-state index is 13.1. The average molecular weight is 251 g/mol. The van der Waals surface area contributed by atoms with Crippen LogP contribution in [0.25, 0.3) is 0 Å². The molecule has 0 fully saturated rings. The standard InChI is InChI=1S/C13H14FNOS/c1-15-8-10-7-11(14)4-5-13(10)17-9-12-3-2-6-16-12/h2-7,15H,8-9H2,1H3. The molecular formula is C13H14FNOS. The second kappa shape index (κ2) is 5.89. The van der Waals surface area contributed by atoms with Crippen molar-refractivity contribution in [1.29, 1.82) is 0 Å². The van der Waals surface area contributed by atoms with Crippen molar-refractivity contribution < 1.29 is 8.81 Å². The predicted octanol–water partition coefficient (Wildman–Crippen LogP) is 3.43. The lowest BCUT2D eigenvalue weighted by Gasteiger charge is -2.08. The van der Waals surface area contributed by atoms with E-state index in [4.69, 9.17) is 4.42 Å². The van der Waals surface area contributed by atoms with Gasteiger partial charge in [-0.3, -0.25) is 0 Å². The van der Waals surface area contributed by atoms with Crippen LogP contribution < -0.4 is 5.32 Å². The van der Waals surface area contributed by atoms with Crippen molar-refractivity contribution in [2.24, 2.45) is 0 Å². The van der Waals surface area contributed by atoms with Gasteiger partial charge in [0.25, 0.3) is 0 Å². The molecule has 0 amide bonds. The molecule has 1 N–H and O–H groups in total. The lowest BCUT2D eigenvalue weighted by atomic mass is 10.2. The number of nitrogens with one attached hydrogen (secondary N) is 1. The van der Waals surface area contributed by atoms with Gasteiger partial charge in [0.05, 0.1) is 12.0 Å². The molecule has 0 saturated heterocycles. The summed E-state index contributed by atoms with van der Waals surface area (Å²) in [5, 5.41) is 3.04. The van der Waals surface area contributed by atoms with Crippen molar-refractivity contribution in [2.45, 2.75) is 17.2 Å². The van der Waals surface area contributed by atoms with Crippen molar-refractivity contribution in [3.05, 3.63) is 53.7 Å². The Balaban J connectivity index is 2.08. The number of furan rings is 1. The Morgan fingerprint density at radius 3 is 2.94 bits per heavy atom. The average Bonchev–Trinajstić information content (AvgIpc) is 2.81. The molecule has 1 heterocycles. The van der Waals surface area contributed by atoms with E-state index in [1.165, 1.54) is 6.07 Å². The van der Waals surface area contributed by atoms with E-state index in [0.29, 0.717) is 6.54 Å². The lowest BCUT2D eigenvalue weighted by molar-refractivity contribution is 0.530. The van der Waals surface area contributed by atoms with Gasteiger partial charge in [-0.2, -0.15) is 0 Å². The third-order valence-electron chi connectivity index (χ3n) is 2.34. The summed E-state index contributed by atoms with van der Waals surface area (Å²) >= 11 is 1.65. The van der Waals surface area contributed by atoms with Crippen LogP contribution in [0, 0.1) is 5.82 Å². The summed E-state index contributed by atoms with van der Waals surface area (Å²) in [5.74, 6) is 1.49. The monoisotopic (exact) mass is 251 g/mol. The molecule has 90 valence electrons. The molecule has 0 aliphatic heterocycles. The first kappa shape index (κ1) is 12.2. The van der Waals surface area contributed by atoms with Gasteiger partial charge in [-0.15, -0.1) is 11.8 Å². The third kappa shape index (κ3) is 3.35. The van der Waals surface area contributed by atoms with Gasteiger partial charge < -0.3 is 9.73 Å². The molecule has 2 aromatic rings. The normalized spacial score (nSPS) is 10.7. The fourth-order valence-electron chi connectivity index (χ4n) is 1.56. The van der Waals surface area contributed by atoms with Crippen LogP contribution in [-0.2, 0) is 12.3 Å². The molecule has 0 unspecified atom stereocenters. The summed E-state index contributed by atoms with van der Waals surface area (Å²) in [6.45, 7) is 0.665. The van der Waals surface area contributed by atoms with Crippen LogP contribution in [0.2, 0.25) is 0 Å². The van der Waals surface area contributed by atoms with Gasteiger partial charge in [0.15, 0.2) is 0 Å². The summed E-state index contributed by atoms with van der Waals surface area (Å²) in [7, 11) is 1.85. The zero-order valence-electron chi connectivity index (χ0n) is 9.57. The van der Waals surface area contributed by atoms with Gasteiger partial charge >= 0.3 is 0 Å². The van der Waals surface area contributed by atoms with Crippen LogP contribution in [0.15, 0.2) is 45.9 Å². The number of hydrogen-bond donors (Lipinski definition) is 1. The number of benzene rings is 1. The van der Waals surface area contributed by atoms with Gasteiger partial charge in [-0.25, -0.2) is 4.39 Å². The summed E-state index contributed by atoms with van der Waals surface area (Å²) in [6.07, 6.45) is 1.66. The van der Waals surface area contributed by atoms with Crippen LogP contribution in [0.1, 0.15) is 11.3 Å². The molecule has 17 heavy (non-hydrogen) atoms. The first-order valence-corrected chi connectivity index (χ1v) is 6.36. The van der Waals surface area contributed by atoms with E-state index in [-0.39, 0.29) is 5.82 Å². The summed E-state index contributed by atoms with van der Waals surface area (Å²) < 4.78 is 18.4. The lowest BCUT2D eigenvalue weighted by Crippen LogP contribution is -2.06. The quantitative estimate of drug-likeness (QED) is 0.824. The number of halogens is 1. The Morgan fingerprint density at radius 1 is 1.35 bits per heavy atom. The Morgan fingerprint density at radius 2 is 2.24 bits per heavy atom. The molecule has 2 nitrogen and oxygen atoms in total. The molecule has 0 aliphatic carbocycles. The largest absolute Gasteiger partial charge is 0.468 e. The molecule has 2 rings (SSSR count). The van der Waals surface area contributed by atoms with Crippen LogP contribution in [0.4, 0.5) is 4.39 Å². The fourth-order valence-corrected chi connectivity index (χ4v) is 2.50. The van der Waals surface area contributed by atoms with E-state index in [0.717, 1.165) is 22.0 Å². The minimum atomic E-state index is -0.197. The van der Waals surface area contributed by atoms with Crippen LogP contribution >= 0.6 is 11.8 Å². The number of rotatable bonds is 5. The second-order valence-corrected chi connectivity index (χ2v) is 4.67. The molecule has 0 saturated carbocycles. The van der Waals surface area contributed by atoms with Gasteiger partial charge in [-0.1, -0.05) is 0 Å². The molecule has 0 spiro atoms.